The van der Waals surface area contributed by atoms with E-state index < -0.39 is 22.2 Å². The molecule has 0 unspecified atom stereocenters. The summed E-state index contributed by atoms with van der Waals surface area (Å²) < 4.78 is 26.9. The number of nitro groups is 1. The molecule has 0 aliphatic rings. The maximum absolute atomic E-state index is 13.9. The Balaban J connectivity index is 2.02. The molecule has 0 radical (unpaired) electrons. The fourth-order valence-electron chi connectivity index (χ4n) is 2.47. The van der Waals surface area contributed by atoms with Crippen LogP contribution in [0.3, 0.4) is 0 Å². The van der Waals surface area contributed by atoms with Crippen LogP contribution in [-0.4, -0.2) is 14.9 Å². The van der Waals surface area contributed by atoms with Gasteiger partial charge < -0.3 is 10.6 Å². The van der Waals surface area contributed by atoms with Crippen LogP contribution in [0, 0.1) is 35.6 Å². The molecule has 3 aromatic rings. The van der Waals surface area contributed by atoms with E-state index in [-0.39, 0.29) is 17.3 Å². The van der Waals surface area contributed by atoms with Crippen LogP contribution < -0.4 is 10.6 Å². The Bertz CT molecular complexity index is 1030. The monoisotopic (exact) mass is 371 g/mol. The van der Waals surface area contributed by atoms with Crippen LogP contribution in [0.4, 0.5) is 37.5 Å². The second-order valence-electron chi connectivity index (χ2n) is 5.80. The molecular formula is C18H15F2N5O2. The summed E-state index contributed by atoms with van der Waals surface area (Å²) >= 11 is 0. The van der Waals surface area contributed by atoms with Gasteiger partial charge >= 0.3 is 5.69 Å². The summed E-state index contributed by atoms with van der Waals surface area (Å²) in [4.78, 5) is 18.7. The van der Waals surface area contributed by atoms with Crippen LogP contribution in [0.5, 0.6) is 0 Å². The fourth-order valence-corrected chi connectivity index (χ4v) is 2.47. The van der Waals surface area contributed by atoms with E-state index in [0.29, 0.717) is 11.8 Å². The number of nitrogens with zero attached hydrogens (tertiary/aromatic N) is 3. The van der Waals surface area contributed by atoms with Gasteiger partial charge in [-0.2, -0.15) is 0 Å². The van der Waals surface area contributed by atoms with Crippen LogP contribution in [0.25, 0.3) is 0 Å². The molecule has 0 atom stereocenters. The Kier molecular flexibility index (Phi) is 4.93. The van der Waals surface area contributed by atoms with Crippen LogP contribution in [0.1, 0.15) is 11.1 Å². The summed E-state index contributed by atoms with van der Waals surface area (Å²) in [5, 5.41) is 17.1. The molecule has 0 fully saturated rings. The highest BCUT2D eigenvalue weighted by molar-refractivity contribution is 5.77. The lowest BCUT2D eigenvalue weighted by Crippen LogP contribution is -2.07. The zero-order valence-corrected chi connectivity index (χ0v) is 14.5. The van der Waals surface area contributed by atoms with Crippen molar-refractivity contribution in [3.63, 3.8) is 0 Å². The van der Waals surface area contributed by atoms with Crippen LogP contribution in [0.15, 0.2) is 42.7 Å². The molecule has 2 N–H and O–H groups in total. The number of anilines is 4. The molecule has 0 aliphatic carbocycles. The number of aromatic nitrogens is 2. The van der Waals surface area contributed by atoms with Gasteiger partial charge in [0.05, 0.1) is 10.6 Å². The topological polar surface area (TPSA) is 93.0 Å². The largest absolute Gasteiger partial charge is 0.353 e. The van der Waals surface area contributed by atoms with Crippen molar-refractivity contribution in [1.82, 2.24) is 9.97 Å². The van der Waals surface area contributed by atoms with Crippen LogP contribution in [-0.2, 0) is 0 Å². The lowest BCUT2D eigenvalue weighted by atomic mass is 10.1. The first-order valence-corrected chi connectivity index (χ1v) is 7.91. The molecule has 0 spiro atoms. The first kappa shape index (κ1) is 18.2. The Morgan fingerprint density at radius 2 is 1.67 bits per heavy atom. The predicted octanol–water partition coefficient (Wildman–Crippen LogP) is 4.77. The SMILES string of the molecule is Cc1cccc(Nc2ncnc(Nc3ccc(F)cc3F)c2[N+](=O)[O-])c1C. The molecule has 1 heterocycles. The number of hydrogen-bond acceptors (Lipinski definition) is 6. The number of aryl methyl sites for hydroxylation is 1. The van der Waals surface area contributed by atoms with Gasteiger partial charge in [0.1, 0.15) is 18.0 Å². The number of benzene rings is 2. The number of halogens is 2. The van der Waals surface area contributed by atoms with Gasteiger partial charge in [-0.3, -0.25) is 10.1 Å². The smallest absolute Gasteiger partial charge is 0.334 e. The van der Waals surface area contributed by atoms with Crippen molar-refractivity contribution in [2.45, 2.75) is 13.8 Å². The van der Waals surface area contributed by atoms with E-state index in [2.05, 4.69) is 20.6 Å². The van der Waals surface area contributed by atoms with E-state index in [0.717, 1.165) is 29.6 Å². The molecule has 0 bridgehead atoms. The second-order valence-corrected chi connectivity index (χ2v) is 5.80. The van der Waals surface area contributed by atoms with Crippen molar-refractivity contribution in [2.24, 2.45) is 0 Å². The molecule has 9 heteroatoms. The second kappa shape index (κ2) is 7.32. The zero-order valence-electron chi connectivity index (χ0n) is 14.5. The van der Waals surface area contributed by atoms with E-state index in [4.69, 9.17) is 0 Å². The van der Waals surface area contributed by atoms with Crippen molar-refractivity contribution >= 4 is 28.7 Å². The molecule has 7 nitrogen and oxygen atoms in total. The van der Waals surface area contributed by atoms with E-state index in [1.165, 1.54) is 0 Å². The zero-order chi connectivity index (χ0) is 19.6. The van der Waals surface area contributed by atoms with Gasteiger partial charge in [0.2, 0.25) is 11.6 Å². The normalized spacial score (nSPS) is 10.5. The third kappa shape index (κ3) is 3.81. The van der Waals surface area contributed by atoms with Crippen molar-refractivity contribution in [2.75, 3.05) is 10.6 Å². The lowest BCUT2D eigenvalue weighted by molar-refractivity contribution is -0.383. The maximum atomic E-state index is 13.9. The lowest BCUT2D eigenvalue weighted by Gasteiger charge is -2.13. The van der Waals surface area contributed by atoms with Crippen LogP contribution >= 0.6 is 0 Å². The maximum Gasteiger partial charge on any atom is 0.353 e. The summed E-state index contributed by atoms with van der Waals surface area (Å²) in [6, 6.07) is 8.33. The first-order chi connectivity index (χ1) is 12.9. The minimum atomic E-state index is -0.896. The van der Waals surface area contributed by atoms with Gasteiger partial charge in [-0.05, 0) is 43.2 Å². The van der Waals surface area contributed by atoms with Gasteiger partial charge in [-0.15, -0.1) is 0 Å². The first-order valence-electron chi connectivity index (χ1n) is 7.91. The third-order valence-corrected chi connectivity index (χ3v) is 4.05. The fraction of sp³-hybridized carbons (Fsp3) is 0.111. The summed E-state index contributed by atoms with van der Waals surface area (Å²) in [6.45, 7) is 3.79. The molecule has 3 rings (SSSR count). The van der Waals surface area contributed by atoms with Gasteiger partial charge in [-0.25, -0.2) is 18.7 Å². The average molecular weight is 371 g/mol. The Morgan fingerprint density at radius 1 is 1.00 bits per heavy atom. The van der Waals surface area contributed by atoms with Gasteiger partial charge in [0, 0.05) is 11.8 Å². The van der Waals surface area contributed by atoms with Crippen molar-refractivity contribution in [3.8, 4) is 0 Å². The van der Waals surface area contributed by atoms with Gasteiger partial charge in [0.25, 0.3) is 0 Å². The molecule has 2 aromatic carbocycles. The van der Waals surface area contributed by atoms with Crippen molar-refractivity contribution in [1.29, 1.82) is 0 Å². The van der Waals surface area contributed by atoms with Crippen molar-refractivity contribution in [3.05, 3.63) is 75.6 Å². The van der Waals surface area contributed by atoms with E-state index in [9.17, 15) is 18.9 Å². The average Bonchev–Trinajstić information content (AvgIpc) is 2.61. The van der Waals surface area contributed by atoms with E-state index in [1.807, 2.05) is 26.0 Å². The molecule has 0 saturated carbocycles. The predicted molar refractivity (Wildman–Crippen MR) is 97.5 cm³/mol. The quantitative estimate of drug-likeness (QED) is 0.496. The number of hydrogen-bond donors (Lipinski definition) is 2. The Morgan fingerprint density at radius 3 is 2.30 bits per heavy atom. The van der Waals surface area contributed by atoms with E-state index >= 15 is 0 Å². The number of nitrogens with one attached hydrogen (secondary N) is 2. The van der Waals surface area contributed by atoms with Crippen molar-refractivity contribution < 1.29 is 13.7 Å². The molecular weight excluding hydrogens is 356 g/mol. The highest BCUT2D eigenvalue weighted by Crippen LogP contribution is 2.34. The summed E-state index contributed by atoms with van der Waals surface area (Å²) in [7, 11) is 0. The molecule has 1 aromatic heterocycles. The number of rotatable bonds is 5. The Labute approximate surface area is 153 Å². The summed E-state index contributed by atoms with van der Waals surface area (Å²) in [6.07, 6.45) is 1.12. The third-order valence-electron chi connectivity index (χ3n) is 4.05. The molecule has 0 amide bonds. The summed E-state index contributed by atoms with van der Waals surface area (Å²) in [5.41, 5.74) is 1.96. The highest BCUT2D eigenvalue weighted by Gasteiger charge is 2.24. The van der Waals surface area contributed by atoms with Crippen LogP contribution in [0.2, 0.25) is 0 Å². The summed E-state index contributed by atoms with van der Waals surface area (Å²) in [5.74, 6) is -1.92. The molecule has 138 valence electrons. The molecule has 0 aliphatic heterocycles. The van der Waals surface area contributed by atoms with E-state index in [1.54, 1.807) is 6.07 Å². The Hall–Kier alpha value is -3.62. The minimum absolute atomic E-state index is 0.0475. The standard InChI is InChI=1S/C18H15F2N5O2/c1-10-4-3-5-14(11(10)2)23-17-16(25(26)27)18(22-9-21-17)24-15-7-6-12(19)8-13(15)20/h3-9H,1-2H3,(H2,21,22,23,24). The van der Waals surface area contributed by atoms with Gasteiger partial charge in [-0.1, -0.05) is 12.1 Å². The molecule has 0 saturated heterocycles. The minimum Gasteiger partial charge on any atom is -0.334 e. The molecule has 27 heavy (non-hydrogen) atoms. The van der Waals surface area contributed by atoms with Gasteiger partial charge in [0.15, 0.2) is 0 Å². The highest BCUT2D eigenvalue weighted by atomic mass is 19.1.